The van der Waals surface area contributed by atoms with Crippen LogP contribution in [-0.4, -0.2) is 37.7 Å². The molecule has 2 aromatic rings. The Labute approximate surface area is 215 Å². The number of carbonyl (C=O) groups is 3. The molecule has 0 aliphatic carbocycles. The zero-order valence-electron chi connectivity index (χ0n) is 21.0. The van der Waals surface area contributed by atoms with E-state index >= 15 is 0 Å². The fraction of sp³-hybridized carbons (Fsp3) is 0.414. The Morgan fingerprint density at radius 2 is 1.78 bits per heavy atom. The number of rotatable bonds is 2. The third-order valence-electron chi connectivity index (χ3n) is 6.96. The van der Waals surface area contributed by atoms with Gasteiger partial charge in [-0.3, -0.25) is 9.59 Å². The number of Topliss-reactive ketones (excluding diaryl/α,β-unsaturated/α-hetero) is 1. The number of esters is 2. The molecule has 2 atom stereocenters. The van der Waals surface area contributed by atoms with Crippen molar-refractivity contribution >= 4 is 23.8 Å². The molecule has 0 amide bonds. The van der Waals surface area contributed by atoms with Crippen LogP contribution in [0.25, 0.3) is 6.08 Å². The van der Waals surface area contributed by atoms with Gasteiger partial charge in [0.05, 0.1) is 19.6 Å². The first-order valence-electron chi connectivity index (χ1n) is 12.7. The van der Waals surface area contributed by atoms with Gasteiger partial charge in [-0.15, -0.1) is 0 Å². The highest BCUT2D eigenvalue weighted by Gasteiger charge is 2.36. The molecule has 0 bridgehead atoms. The SMILES string of the molecule is COc1c2c(cc3c1[C@H](c1ccc4c(c1)OCO4)CC(=O)O3)C=CCCCC(=O)CCC[C@H](C)OC2=O. The van der Waals surface area contributed by atoms with Gasteiger partial charge in [-0.1, -0.05) is 18.2 Å². The van der Waals surface area contributed by atoms with Crippen LogP contribution in [0, 0.1) is 0 Å². The number of fused-ring (bicyclic) bond motifs is 3. The number of hydrogen-bond acceptors (Lipinski definition) is 8. The van der Waals surface area contributed by atoms with Crippen molar-refractivity contribution < 1.29 is 38.1 Å². The summed E-state index contributed by atoms with van der Waals surface area (Å²) in [5.74, 6) is 0.824. The van der Waals surface area contributed by atoms with Crippen LogP contribution in [0.5, 0.6) is 23.0 Å². The van der Waals surface area contributed by atoms with E-state index in [1.54, 1.807) is 12.1 Å². The Morgan fingerprint density at radius 3 is 2.62 bits per heavy atom. The monoisotopic (exact) mass is 506 g/mol. The molecule has 37 heavy (non-hydrogen) atoms. The summed E-state index contributed by atoms with van der Waals surface area (Å²) >= 11 is 0. The summed E-state index contributed by atoms with van der Waals surface area (Å²) < 4.78 is 28.3. The van der Waals surface area contributed by atoms with Gasteiger partial charge in [-0.2, -0.15) is 0 Å². The van der Waals surface area contributed by atoms with Crippen molar-refractivity contribution in [2.75, 3.05) is 13.9 Å². The van der Waals surface area contributed by atoms with E-state index in [1.807, 2.05) is 31.2 Å². The number of hydrogen-bond donors (Lipinski definition) is 0. The number of cyclic esters (lactones) is 1. The number of ketones is 1. The Kier molecular flexibility index (Phi) is 7.17. The molecule has 8 heteroatoms. The molecule has 0 aromatic heterocycles. The minimum absolute atomic E-state index is 0.0805. The van der Waals surface area contributed by atoms with E-state index in [2.05, 4.69) is 0 Å². The van der Waals surface area contributed by atoms with Crippen LogP contribution < -0.4 is 18.9 Å². The van der Waals surface area contributed by atoms with Gasteiger partial charge in [0.15, 0.2) is 11.5 Å². The van der Waals surface area contributed by atoms with Crippen LogP contribution in [0.1, 0.15) is 84.8 Å². The molecule has 8 nitrogen and oxygen atoms in total. The molecule has 5 rings (SSSR count). The highest BCUT2D eigenvalue weighted by atomic mass is 16.7. The summed E-state index contributed by atoms with van der Waals surface area (Å²) in [6, 6.07) is 7.24. The molecule has 3 aliphatic rings. The number of benzene rings is 2. The summed E-state index contributed by atoms with van der Waals surface area (Å²) in [5.41, 5.74) is 2.27. The standard InChI is InChI=1S/C29H30O8/c1-17-7-6-10-20(30)9-5-3-4-8-19-14-24-27(28(33-2)26(19)29(32)36-17)21(15-25(31)37-24)18-11-12-22-23(13-18)35-16-34-22/h4,8,11-14,17,21H,3,5-7,9-10,15-16H2,1-2H3/t17-,21-/m0/s1. The second-order valence-corrected chi connectivity index (χ2v) is 9.57. The van der Waals surface area contributed by atoms with Crippen LogP contribution in [0.3, 0.4) is 0 Å². The first kappa shape index (κ1) is 24.9. The molecule has 0 spiro atoms. The molecular weight excluding hydrogens is 476 g/mol. The third-order valence-corrected chi connectivity index (χ3v) is 6.96. The van der Waals surface area contributed by atoms with Gasteiger partial charge >= 0.3 is 11.9 Å². The molecule has 0 N–H and O–H groups in total. The molecule has 0 saturated carbocycles. The zero-order chi connectivity index (χ0) is 25.9. The van der Waals surface area contributed by atoms with Crippen molar-refractivity contribution in [2.45, 2.75) is 63.9 Å². The van der Waals surface area contributed by atoms with E-state index in [-0.39, 0.29) is 31.1 Å². The molecular formula is C29H30O8. The lowest BCUT2D eigenvalue weighted by Gasteiger charge is -2.29. The zero-order valence-corrected chi connectivity index (χ0v) is 21.0. The Hall–Kier alpha value is -3.81. The second kappa shape index (κ2) is 10.7. The van der Waals surface area contributed by atoms with Gasteiger partial charge < -0.3 is 23.7 Å². The lowest BCUT2D eigenvalue weighted by molar-refractivity contribution is -0.135. The fourth-order valence-electron chi connectivity index (χ4n) is 5.12. The Morgan fingerprint density at radius 1 is 0.973 bits per heavy atom. The molecule has 0 unspecified atom stereocenters. The molecule has 3 aliphatic heterocycles. The maximum atomic E-state index is 13.5. The molecule has 0 radical (unpaired) electrons. The first-order valence-corrected chi connectivity index (χ1v) is 12.7. The highest BCUT2D eigenvalue weighted by molar-refractivity contribution is 5.99. The molecule has 0 fully saturated rings. The van der Waals surface area contributed by atoms with E-state index in [0.717, 1.165) is 12.0 Å². The maximum absolute atomic E-state index is 13.5. The van der Waals surface area contributed by atoms with Gasteiger partial charge in [0.1, 0.15) is 22.8 Å². The average molecular weight is 507 g/mol. The number of allylic oxidation sites excluding steroid dienone is 1. The van der Waals surface area contributed by atoms with Crippen LogP contribution in [-0.2, 0) is 14.3 Å². The van der Waals surface area contributed by atoms with Crippen LogP contribution in [0.2, 0.25) is 0 Å². The minimum Gasteiger partial charge on any atom is -0.495 e. The quantitative estimate of drug-likeness (QED) is 0.397. The van der Waals surface area contributed by atoms with E-state index in [9.17, 15) is 14.4 Å². The molecule has 2 aromatic carbocycles. The van der Waals surface area contributed by atoms with Crippen molar-refractivity contribution in [3.05, 3.63) is 52.6 Å². The summed E-state index contributed by atoms with van der Waals surface area (Å²) in [6.07, 6.45) is 7.10. The number of methoxy groups -OCH3 is 1. The third kappa shape index (κ3) is 5.19. The summed E-state index contributed by atoms with van der Waals surface area (Å²) in [7, 11) is 1.50. The van der Waals surface area contributed by atoms with Crippen molar-refractivity contribution in [2.24, 2.45) is 0 Å². The average Bonchev–Trinajstić information content (AvgIpc) is 3.34. The van der Waals surface area contributed by atoms with E-state index in [4.69, 9.17) is 23.7 Å². The van der Waals surface area contributed by atoms with Gasteiger partial charge in [0.25, 0.3) is 0 Å². The summed E-state index contributed by atoms with van der Waals surface area (Å²) in [4.78, 5) is 38.3. The van der Waals surface area contributed by atoms with Crippen molar-refractivity contribution in [3.63, 3.8) is 0 Å². The van der Waals surface area contributed by atoms with Crippen LogP contribution in [0.15, 0.2) is 30.3 Å². The summed E-state index contributed by atoms with van der Waals surface area (Å²) in [5, 5.41) is 0. The van der Waals surface area contributed by atoms with Gasteiger partial charge in [0.2, 0.25) is 6.79 Å². The lowest BCUT2D eigenvalue weighted by atomic mass is 9.83. The van der Waals surface area contributed by atoms with Crippen LogP contribution >= 0.6 is 0 Å². The van der Waals surface area contributed by atoms with E-state index < -0.39 is 11.9 Å². The van der Waals surface area contributed by atoms with E-state index in [0.29, 0.717) is 71.8 Å². The maximum Gasteiger partial charge on any atom is 0.342 e. The highest BCUT2D eigenvalue weighted by Crippen LogP contribution is 2.49. The lowest BCUT2D eigenvalue weighted by Crippen LogP contribution is -2.24. The molecule has 194 valence electrons. The topological polar surface area (TPSA) is 97.4 Å². The predicted octanol–water partition coefficient (Wildman–Crippen LogP) is 5.35. The van der Waals surface area contributed by atoms with Gasteiger partial charge in [-0.25, -0.2) is 4.79 Å². The van der Waals surface area contributed by atoms with Crippen LogP contribution in [0.4, 0.5) is 0 Å². The smallest absolute Gasteiger partial charge is 0.342 e. The Bertz CT molecular complexity index is 1260. The fourth-order valence-corrected chi connectivity index (χ4v) is 5.12. The number of ether oxygens (including phenoxy) is 5. The van der Waals surface area contributed by atoms with Crippen molar-refractivity contribution in [1.82, 2.24) is 0 Å². The van der Waals surface area contributed by atoms with Gasteiger partial charge in [-0.05, 0) is 61.9 Å². The van der Waals surface area contributed by atoms with Gasteiger partial charge in [0, 0.05) is 24.3 Å². The Balaban J connectivity index is 1.62. The predicted molar refractivity (Wildman–Crippen MR) is 134 cm³/mol. The van der Waals surface area contributed by atoms with Crippen molar-refractivity contribution in [3.8, 4) is 23.0 Å². The first-order chi connectivity index (χ1) is 17.9. The largest absolute Gasteiger partial charge is 0.495 e. The van der Waals surface area contributed by atoms with Crippen molar-refractivity contribution in [1.29, 1.82) is 0 Å². The van der Waals surface area contributed by atoms with E-state index in [1.165, 1.54) is 7.11 Å². The summed E-state index contributed by atoms with van der Waals surface area (Å²) in [6.45, 7) is 1.97. The molecule has 0 saturated heterocycles. The number of carbonyl (C=O) groups excluding carboxylic acids is 3. The minimum atomic E-state index is -0.517. The second-order valence-electron chi connectivity index (χ2n) is 9.57. The normalized spacial score (nSPS) is 21.8. The molecule has 3 heterocycles.